The highest BCUT2D eigenvalue weighted by atomic mass is 16.6. The highest BCUT2D eigenvalue weighted by Crippen LogP contribution is 2.22. The van der Waals surface area contributed by atoms with E-state index < -0.39 is 5.79 Å². The molecular formula is C18H18O2. The van der Waals surface area contributed by atoms with Gasteiger partial charge in [0.2, 0.25) is 0 Å². The van der Waals surface area contributed by atoms with Gasteiger partial charge < -0.3 is 9.84 Å². The fraction of sp³-hybridized carbons (Fsp3) is 0.222. The molecule has 2 aromatic rings. The van der Waals surface area contributed by atoms with Crippen LogP contribution in [0.2, 0.25) is 0 Å². The minimum atomic E-state index is -1.56. The fourth-order valence-corrected chi connectivity index (χ4v) is 1.78. The Bertz CT molecular complexity index is 581. The van der Waals surface area contributed by atoms with Crippen molar-refractivity contribution in [2.75, 3.05) is 6.61 Å². The largest absolute Gasteiger partial charge is 0.352 e. The lowest BCUT2D eigenvalue weighted by Crippen LogP contribution is -2.28. The summed E-state index contributed by atoms with van der Waals surface area (Å²) < 4.78 is 5.57. The van der Waals surface area contributed by atoms with Crippen LogP contribution in [0.25, 0.3) is 0 Å². The third kappa shape index (κ3) is 3.71. The van der Waals surface area contributed by atoms with E-state index in [0.29, 0.717) is 12.2 Å². The Morgan fingerprint density at radius 3 is 2.20 bits per heavy atom. The van der Waals surface area contributed by atoms with E-state index in [2.05, 4.69) is 11.8 Å². The minimum absolute atomic E-state index is 0.453. The van der Waals surface area contributed by atoms with Crippen LogP contribution in [0.4, 0.5) is 0 Å². The van der Waals surface area contributed by atoms with Crippen molar-refractivity contribution in [3.8, 4) is 11.8 Å². The van der Waals surface area contributed by atoms with E-state index in [4.69, 9.17) is 4.74 Å². The second-order valence-corrected chi connectivity index (χ2v) is 4.47. The normalized spacial score (nSPS) is 13.1. The summed E-state index contributed by atoms with van der Waals surface area (Å²) in [6, 6.07) is 18.8. The van der Waals surface area contributed by atoms with Crippen molar-refractivity contribution in [1.29, 1.82) is 0 Å². The van der Waals surface area contributed by atoms with Crippen LogP contribution >= 0.6 is 0 Å². The van der Waals surface area contributed by atoms with Crippen LogP contribution in [0.1, 0.15) is 24.5 Å². The van der Waals surface area contributed by atoms with Gasteiger partial charge in [-0.05, 0) is 24.5 Å². The molecule has 0 aliphatic rings. The monoisotopic (exact) mass is 266 g/mol. The SMILES string of the molecule is CCCOC(O)(C#Cc1ccccc1)c1ccccc1. The van der Waals surface area contributed by atoms with Crippen LogP contribution in [0.5, 0.6) is 0 Å². The van der Waals surface area contributed by atoms with E-state index in [1.807, 2.05) is 67.6 Å². The van der Waals surface area contributed by atoms with Crippen LogP contribution in [0.15, 0.2) is 60.7 Å². The Labute approximate surface area is 120 Å². The summed E-state index contributed by atoms with van der Waals surface area (Å²) in [5, 5.41) is 10.7. The van der Waals surface area contributed by atoms with Crippen LogP contribution < -0.4 is 0 Å². The molecule has 0 amide bonds. The van der Waals surface area contributed by atoms with Crippen LogP contribution in [-0.4, -0.2) is 11.7 Å². The average Bonchev–Trinajstić information content (AvgIpc) is 2.53. The number of aliphatic hydroxyl groups is 1. The van der Waals surface area contributed by atoms with Gasteiger partial charge in [0.15, 0.2) is 0 Å². The topological polar surface area (TPSA) is 29.5 Å². The molecule has 1 N–H and O–H groups in total. The van der Waals surface area contributed by atoms with Crippen molar-refractivity contribution in [1.82, 2.24) is 0 Å². The van der Waals surface area contributed by atoms with Gasteiger partial charge in [0.05, 0.1) is 6.61 Å². The number of hydrogen-bond donors (Lipinski definition) is 1. The number of hydrogen-bond acceptors (Lipinski definition) is 2. The first-order chi connectivity index (χ1) is 9.74. The second-order valence-electron chi connectivity index (χ2n) is 4.47. The highest BCUT2D eigenvalue weighted by Gasteiger charge is 2.27. The molecule has 2 aromatic carbocycles. The van der Waals surface area contributed by atoms with E-state index in [0.717, 1.165) is 12.0 Å². The molecule has 0 aromatic heterocycles. The Balaban J connectivity index is 2.31. The van der Waals surface area contributed by atoms with Crippen molar-refractivity contribution in [2.24, 2.45) is 0 Å². The molecule has 0 radical (unpaired) electrons. The zero-order valence-electron chi connectivity index (χ0n) is 11.5. The third-order valence-electron chi connectivity index (χ3n) is 2.83. The van der Waals surface area contributed by atoms with E-state index >= 15 is 0 Å². The molecule has 0 bridgehead atoms. The first kappa shape index (κ1) is 14.3. The Morgan fingerprint density at radius 1 is 1.00 bits per heavy atom. The van der Waals surface area contributed by atoms with Gasteiger partial charge in [0.25, 0.3) is 5.79 Å². The molecule has 2 nitrogen and oxygen atoms in total. The second kappa shape index (κ2) is 6.91. The first-order valence-electron chi connectivity index (χ1n) is 6.74. The number of rotatable bonds is 4. The maximum absolute atomic E-state index is 10.7. The summed E-state index contributed by atoms with van der Waals surface area (Å²) in [6.45, 7) is 2.45. The quantitative estimate of drug-likeness (QED) is 0.679. The molecule has 0 saturated heterocycles. The summed E-state index contributed by atoms with van der Waals surface area (Å²) >= 11 is 0. The summed E-state index contributed by atoms with van der Waals surface area (Å²) in [5.41, 5.74) is 1.50. The Hall–Kier alpha value is -2.08. The standard InChI is InChI=1S/C18H18O2/c1-2-15-20-18(19,17-11-7-4-8-12-17)14-13-16-9-5-3-6-10-16/h3-12,19H,2,15H2,1H3. The van der Waals surface area contributed by atoms with Crippen molar-refractivity contribution in [3.05, 3.63) is 71.8 Å². The molecule has 20 heavy (non-hydrogen) atoms. The van der Waals surface area contributed by atoms with Crippen molar-refractivity contribution in [2.45, 2.75) is 19.1 Å². The molecule has 0 aliphatic carbocycles. The van der Waals surface area contributed by atoms with Crippen LogP contribution in [0.3, 0.4) is 0 Å². The molecule has 1 unspecified atom stereocenters. The van der Waals surface area contributed by atoms with Gasteiger partial charge in [-0.3, -0.25) is 0 Å². The lowest BCUT2D eigenvalue weighted by atomic mass is 10.1. The van der Waals surface area contributed by atoms with E-state index in [-0.39, 0.29) is 0 Å². The Morgan fingerprint density at radius 2 is 1.60 bits per heavy atom. The van der Waals surface area contributed by atoms with Gasteiger partial charge in [-0.1, -0.05) is 61.4 Å². The molecule has 0 heterocycles. The lowest BCUT2D eigenvalue weighted by molar-refractivity contribution is -0.166. The predicted molar refractivity (Wildman–Crippen MR) is 79.9 cm³/mol. The molecule has 2 heteroatoms. The van der Waals surface area contributed by atoms with Gasteiger partial charge in [-0.2, -0.15) is 0 Å². The van der Waals surface area contributed by atoms with Gasteiger partial charge in [-0.15, -0.1) is 0 Å². The zero-order chi connectivity index (χ0) is 14.3. The maximum Gasteiger partial charge on any atom is 0.259 e. The van der Waals surface area contributed by atoms with Gasteiger partial charge in [-0.25, -0.2) is 0 Å². The first-order valence-corrected chi connectivity index (χ1v) is 6.74. The molecule has 0 saturated carbocycles. The molecule has 0 fully saturated rings. The van der Waals surface area contributed by atoms with Crippen molar-refractivity contribution < 1.29 is 9.84 Å². The predicted octanol–water partition coefficient (Wildman–Crippen LogP) is 3.31. The van der Waals surface area contributed by atoms with Crippen LogP contribution in [0, 0.1) is 11.8 Å². The number of ether oxygens (including phenoxy) is 1. The summed E-state index contributed by atoms with van der Waals surface area (Å²) in [5.74, 6) is 4.25. The van der Waals surface area contributed by atoms with E-state index in [1.54, 1.807) is 0 Å². The lowest BCUT2D eigenvalue weighted by Gasteiger charge is -2.22. The van der Waals surface area contributed by atoms with E-state index in [9.17, 15) is 5.11 Å². The Kier molecular flexibility index (Phi) is 4.95. The summed E-state index contributed by atoms with van der Waals surface area (Å²) in [6.07, 6.45) is 0.822. The smallest absolute Gasteiger partial charge is 0.259 e. The fourth-order valence-electron chi connectivity index (χ4n) is 1.78. The molecule has 0 spiro atoms. The van der Waals surface area contributed by atoms with E-state index in [1.165, 1.54) is 0 Å². The van der Waals surface area contributed by atoms with Crippen molar-refractivity contribution in [3.63, 3.8) is 0 Å². The van der Waals surface area contributed by atoms with Crippen LogP contribution in [-0.2, 0) is 10.5 Å². The molecule has 0 aliphatic heterocycles. The van der Waals surface area contributed by atoms with Gasteiger partial charge in [0.1, 0.15) is 0 Å². The third-order valence-corrected chi connectivity index (χ3v) is 2.83. The molecular weight excluding hydrogens is 248 g/mol. The zero-order valence-corrected chi connectivity index (χ0v) is 11.5. The van der Waals surface area contributed by atoms with Gasteiger partial charge in [0, 0.05) is 11.1 Å². The number of benzene rings is 2. The highest BCUT2D eigenvalue weighted by molar-refractivity contribution is 5.38. The maximum atomic E-state index is 10.7. The molecule has 102 valence electrons. The summed E-state index contributed by atoms with van der Waals surface area (Å²) in [4.78, 5) is 0. The summed E-state index contributed by atoms with van der Waals surface area (Å²) in [7, 11) is 0. The van der Waals surface area contributed by atoms with Gasteiger partial charge >= 0.3 is 0 Å². The van der Waals surface area contributed by atoms with Crippen molar-refractivity contribution >= 4 is 0 Å². The molecule has 1 atom stereocenters. The molecule has 2 rings (SSSR count). The minimum Gasteiger partial charge on any atom is -0.352 e. The average molecular weight is 266 g/mol.